The fourth-order valence-corrected chi connectivity index (χ4v) is 1.18. The molecule has 1 aliphatic rings. The zero-order valence-electron chi connectivity index (χ0n) is 9.02. The van der Waals surface area contributed by atoms with Gasteiger partial charge in [0.2, 0.25) is 0 Å². The Bertz CT molecular complexity index is 270. The van der Waals surface area contributed by atoms with Crippen LogP contribution in [0.15, 0.2) is 0 Å². The number of carbonyl (C=O) groups excluding carboxylic acids is 1. The largest absolute Gasteiger partial charge is 0.480 e. The number of rotatable bonds is 1. The molecule has 0 aromatic heterocycles. The van der Waals surface area contributed by atoms with E-state index in [4.69, 9.17) is 14.7 Å². The average molecular weight is 217 g/mol. The second kappa shape index (κ2) is 4.06. The van der Waals surface area contributed by atoms with Crippen LogP contribution in [0.2, 0.25) is 0 Å². The maximum Gasteiger partial charge on any atom is 0.435 e. The van der Waals surface area contributed by atoms with Gasteiger partial charge in [0.05, 0.1) is 6.61 Å². The van der Waals surface area contributed by atoms with E-state index < -0.39 is 23.7 Å². The van der Waals surface area contributed by atoms with Crippen LogP contribution in [0.1, 0.15) is 27.2 Å². The third-order valence-corrected chi connectivity index (χ3v) is 1.76. The van der Waals surface area contributed by atoms with E-state index in [2.05, 4.69) is 0 Å². The van der Waals surface area contributed by atoms with E-state index in [1.807, 2.05) is 0 Å². The van der Waals surface area contributed by atoms with Gasteiger partial charge < -0.3 is 9.84 Å². The molecule has 0 aliphatic carbocycles. The maximum absolute atomic E-state index is 11.5. The molecule has 1 rings (SSSR count). The van der Waals surface area contributed by atoms with Crippen molar-refractivity contribution in [2.75, 3.05) is 6.61 Å². The average Bonchev–Trinajstić information content (AvgIpc) is 2.47. The van der Waals surface area contributed by atoms with Crippen LogP contribution in [-0.4, -0.2) is 40.5 Å². The molecule has 15 heavy (non-hydrogen) atoms. The lowest BCUT2D eigenvalue weighted by Crippen LogP contribution is -2.42. The van der Waals surface area contributed by atoms with Crippen molar-refractivity contribution >= 4 is 12.1 Å². The van der Waals surface area contributed by atoms with Crippen LogP contribution in [0.5, 0.6) is 0 Å². The fourth-order valence-electron chi connectivity index (χ4n) is 1.18. The summed E-state index contributed by atoms with van der Waals surface area (Å²) in [6.45, 7) is 5.33. The highest BCUT2D eigenvalue weighted by Gasteiger charge is 2.38. The molecule has 6 nitrogen and oxygen atoms in total. The van der Waals surface area contributed by atoms with Crippen LogP contribution in [0, 0.1) is 0 Å². The van der Waals surface area contributed by atoms with Crippen molar-refractivity contribution in [3.63, 3.8) is 0 Å². The lowest BCUT2D eigenvalue weighted by Gasteiger charge is -2.25. The molecule has 86 valence electrons. The molecule has 1 unspecified atom stereocenters. The second-order valence-corrected chi connectivity index (χ2v) is 4.28. The molecule has 1 heterocycles. The number of carboxylic acid groups (broad SMARTS) is 1. The van der Waals surface area contributed by atoms with Gasteiger partial charge >= 0.3 is 12.1 Å². The Labute approximate surface area is 87.7 Å². The minimum atomic E-state index is -1.08. The normalized spacial score (nSPS) is 21.5. The van der Waals surface area contributed by atoms with E-state index in [0.29, 0.717) is 0 Å². The van der Waals surface area contributed by atoms with E-state index in [0.717, 1.165) is 5.06 Å². The first-order valence-corrected chi connectivity index (χ1v) is 4.69. The molecule has 0 radical (unpaired) electrons. The van der Waals surface area contributed by atoms with Crippen molar-refractivity contribution in [3.05, 3.63) is 0 Å². The van der Waals surface area contributed by atoms with Gasteiger partial charge in [-0.1, -0.05) is 0 Å². The van der Waals surface area contributed by atoms with E-state index in [1.165, 1.54) is 0 Å². The summed E-state index contributed by atoms with van der Waals surface area (Å²) in [6, 6.07) is -0.945. The summed E-state index contributed by atoms with van der Waals surface area (Å²) in [7, 11) is 0. The smallest absolute Gasteiger partial charge is 0.435 e. The highest BCUT2D eigenvalue weighted by Crippen LogP contribution is 2.18. The summed E-state index contributed by atoms with van der Waals surface area (Å²) >= 11 is 0. The SMILES string of the molecule is CC(C)(C)OC(=O)N1OCCC1C(=O)O. The van der Waals surface area contributed by atoms with E-state index >= 15 is 0 Å². The Morgan fingerprint density at radius 3 is 2.53 bits per heavy atom. The van der Waals surface area contributed by atoms with E-state index in [1.54, 1.807) is 20.8 Å². The summed E-state index contributed by atoms with van der Waals surface area (Å²) in [5, 5.41) is 9.59. The van der Waals surface area contributed by atoms with Crippen molar-refractivity contribution < 1.29 is 24.3 Å². The Morgan fingerprint density at radius 1 is 1.47 bits per heavy atom. The first-order valence-electron chi connectivity index (χ1n) is 4.69. The standard InChI is InChI=1S/C9H15NO5/c1-9(2,3)15-8(13)10-6(7(11)12)4-5-14-10/h6H,4-5H2,1-3H3,(H,11,12). The molecule has 0 aromatic carbocycles. The first kappa shape index (κ1) is 11.8. The van der Waals surface area contributed by atoms with Gasteiger partial charge in [-0.2, -0.15) is 5.06 Å². The van der Waals surface area contributed by atoms with E-state index in [9.17, 15) is 9.59 Å². The molecule has 0 saturated carbocycles. The van der Waals surface area contributed by atoms with Crippen LogP contribution in [0.4, 0.5) is 4.79 Å². The third-order valence-electron chi connectivity index (χ3n) is 1.76. The minimum Gasteiger partial charge on any atom is -0.480 e. The number of aliphatic carboxylic acids is 1. The number of nitrogens with zero attached hydrogens (tertiary/aromatic N) is 1. The summed E-state index contributed by atoms with van der Waals surface area (Å²) in [4.78, 5) is 27.2. The molecular weight excluding hydrogens is 202 g/mol. The molecule has 1 N–H and O–H groups in total. The number of hydrogen-bond acceptors (Lipinski definition) is 4. The molecule has 0 bridgehead atoms. The van der Waals surface area contributed by atoms with Crippen LogP contribution in [0.3, 0.4) is 0 Å². The minimum absolute atomic E-state index is 0.218. The summed E-state index contributed by atoms with van der Waals surface area (Å²) < 4.78 is 5.00. The summed E-state index contributed by atoms with van der Waals surface area (Å²) in [5.74, 6) is -1.08. The zero-order chi connectivity index (χ0) is 11.6. The van der Waals surface area contributed by atoms with Gasteiger partial charge in [0, 0.05) is 6.42 Å². The van der Waals surface area contributed by atoms with Crippen LogP contribution in [-0.2, 0) is 14.4 Å². The van der Waals surface area contributed by atoms with Gasteiger partial charge in [0.15, 0.2) is 6.04 Å². The van der Waals surface area contributed by atoms with Gasteiger partial charge in [0.25, 0.3) is 0 Å². The number of ether oxygens (including phenoxy) is 1. The summed E-state index contributed by atoms with van der Waals surface area (Å²) in [5.41, 5.74) is -0.661. The Balaban J connectivity index is 2.63. The number of carbonyl (C=O) groups is 2. The maximum atomic E-state index is 11.5. The van der Waals surface area contributed by atoms with Gasteiger partial charge in [-0.3, -0.25) is 4.84 Å². The van der Waals surface area contributed by atoms with Crippen LogP contribution in [0.25, 0.3) is 0 Å². The number of carboxylic acids is 1. The molecular formula is C9H15NO5. The topological polar surface area (TPSA) is 76.1 Å². The summed E-state index contributed by atoms with van der Waals surface area (Å²) in [6.07, 6.45) is -0.471. The van der Waals surface area contributed by atoms with Gasteiger partial charge in [-0.05, 0) is 20.8 Å². The van der Waals surface area contributed by atoms with Crippen molar-refractivity contribution in [3.8, 4) is 0 Å². The van der Waals surface area contributed by atoms with Crippen molar-refractivity contribution in [2.45, 2.75) is 38.8 Å². The molecule has 1 aliphatic heterocycles. The molecule has 0 spiro atoms. The van der Waals surface area contributed by atoms with Crippen molar-refractivity contribution in [2.24, 2.45) is 0 Å². The lowest BCUT2D eigenvalue weighted by atomic mass is 10.2. The van der Waals surface area contributed by atoms with Crippen molar-refractivity contribution in [1.82, 2.24) is 5.06 Å². The monoisotopic (exact) mass is 217 g/mol. The molecule has 0 aromatic rings. The quantitative estimate of drug-likeness (QED) is 0.709. The highest BCUT2D eigenvalue weighted by molar-refractivity contribution is 5.79. The Morgan fingerprint density at radius 2 is 2.07 bits per heavy atom. The van der Waals surface area contributed by atoms with Gasteiger partial charge in [0.1, 0.15) is 5.60 Å². The number of amides is 1. The molecule has 1 saturated heterocycles. The predicted octanol–water partition coefficient (Wildman–Crippen LogP) is 1.01. The van der Waals surface area contributed by atoms with Crippen molar-refractivity contribution in [1.29, 1.82) is 0 Å². The fraction of sp³-hybridized carbons (Fsp3) is 0.778. The van der Waals surface area contributed by atoms with Gasteiger partial charge in [-0.15, -0.1) is 0 Å². The molecule has 6 heteroatoms. The van der Waals surface area contributed by atoms with Crippen LogP contribution < -0.4 is 0 Å². The Kier molecular flexibility index (Phi) is 3.18. The zero-order valence-corrected chi connectivity index (χ0v) is 9.02. The molecule has 1 amide bonds. The Hall–Kier alpha value is -1.30. The highest BCUT2D eigenvalue weighted by atomic mass is 16.7. The van der Waals surface area contributed by atoms with E-state index in [-0.39, 0.29) is 13.0 Å². The van der Waals surface area contributed by atoms with Gasteiger partial charge in [-0.25, -0.2) is 9.59 Å². The first-order chi connectivity index (χ1) is 6.81. The molecule has 1 atom stereocenters. The van der Waals surface area contributed by atoms with Crippen LogP contribution >= 0.6 is 0 Å². The third kappa shape index (κ3) is 3.09. The predicted molar refractivity (Wildman–Crippen MR) is 50.1 cm³/mol. The lowest BCUT2D eigenvalue weighted by molar-refractivity contribution is -0.160. The number of hydrogen-bond donors (Lipinski definition) is 1. The second-order valence-electron chi connectivity index (χ2n) is 4.28. The molecule has 1 fully saturated rings. The number of hydroxylamine groups is 2.